The van der Waals surface area contributed by atoms with Gasteiger partial charge in [-0.3, -0.25) is 0 Å². The number of nitrogens with zero attached hydrogens (tertiary/aromatic N) is 2. The highest BCUT2D eigenvalue weighted by atomic mass is 32.1. The van der Waals surface area contributed by atoms with Crippen molar-refractivity contribution in [2.24, 2.45) is 0 Å². The molecule has 0 radical (unpaired) electrons. The van der Waals surface area contributed by atoms with Crippen LogP contribution in [0.5, 0.6) is 0 Å². The van der Waals surface area contributed by atoms with Gasteiger partial charge in [-0.1, -0.05) is 121 Å². The van der Waals surface area contributed by atoms with E-state index in [1.54, 1.807) is 11.3 Å². The van der Waals surface area contributed by atoms with E-state index in [4.69, 9.17) is 9.40 Å². The second-order valence-electron chi connectivity index (χ2n) is 12.4. The molecule has 0 saturated heterocycles. The largest absolute Gasteiger partial charge is 0.456 e. The Bertz CT molecular complexity index is 2760. The summed E-state index contributed by atoms with van der Waals surface area (Å²) in [5.74, 6) is 0. The van der Waals surface area contributed by atoms with E-state index in [1.807, 2.05) is 12.1 Å². The number of anilines is 3. The molecule has 0 aliphatic rings. The summed E-state index contributed by atoms with van der Waals surface area (Å²) in [5.41, 5.74) is 9.51. The molecular formula is C45H28N2OS. The summed E-state index contributed by atoms with van der Waals surface area (Å²) in [5, 5.41) is 8.16. The van der Waals surface area contributed by atoms with Crippen molar-refractivity contribution in [2.75, 3.05) is 4.90 Å². The fourth-order valence-electron chi connectivity index (χ4n) is 7.16. The van der Waals surface area contributed by atoms with Gasteiger partial charge in [0.05, 0.1) is 10.2 Å². The molecule has 0 amide bonds. The summed E-state index contributed by atoms with van der Waals surface area (Å²) in [6.45, 7) is 0. The number of furan rings is 1. The molecule has 0 aliphatic heterocycles. The van der Waals surface area contributed by atoms with Crippen molar-refractivity contribution in [3.8, 4) is 21.7 Å². The Labute approximate surface area is 286 Å². The van der Waals surface area contributed by atoms with E-state index in [9.17, 15) is 0 Å². The van der Waals surface area contributed by atoms with Crippen LogP contribution in [0, 0.1) is 0 Å². The summed E-state index contributed by atoms with van der Waals surface area (Å²) < 4.78 is 7.43. The minimum atomic E-state index is 0.881. The third kappa shape index (κ3) is 4.61. The molecule has 0 atom stereocenters. The highest BCUT2D eigenvalue weighted by Crippen LogP contribution is 2.43. The van der Waals surface area contributed by atoms with Crippen molar-refractivity contribution in [3.63, 3.8) is 0 Å². The minimum Gasteiger partial charge on any atom is -0.456 e. The number of thiazole rings is 1. The van der Waals surface area contributed by atoms with Crippen LogP contribution in [0.25, 0.3) is 75.4 Å². The summed E-state index contributed by atoms with van der Waals surface area (Å²) in [7, 11) is 0. The van der Waals surface area contributed by atoms with E-state index in [0.717, 1.165) is 55.1 Å². The van der Waals surface area contributed by atoms with E-state index in [1.165, 1.54) is 37.4 Å². The molecule has 0 saturated carbocycles. The van der Waals surface area contributed by atoms with E-state index in [2.05, 4.69) is 163 Å². The summed E-state index contributed by atoms with van der Waals surface area (Å²) >= 11 is 1.77. The zero-order valence-electron chi connectivity index (χ0n) is 26.4. The summed E-state index contributed by atoms with van der Waals surface area (Å²) in [6.07, 6.45) is 0. The van der Waals surface area contributed by atoms with Gasteiger partial charge in [0.25, 0.3) is 0 Å². The Morgan fingerprint density at radius 1 is 0.408 bits per heavy atom. The number of hydrogen-bond donors (Lipinski definition) is 0. The zero-order chi connectivity index (χ0) is 32.3. The Hall–Kier alpha value is -6.23. The van der Waals surface area contributed by atoms with Crippen LogP contribution in [0.2, 0.25) is 0 Å². The number of hydrogen-bond acceptors (Lipinski definition) is 4. The average Bonchev–Trinajstić information content (AvgIpc) is 3.79. The first-order valence-corrected chi connectivity index (χ1v) is 17.3. The molecule has 2 aromatic heterocycles. The molecular weight excluding hydrogens is 617 g/mol. The van der Waals surface area contributed by atoms with Crippen molar-refractivity contribution in [2.45, 2.75) is 0 Å². The lowest BCUT2D eigenvalue weighted by atomic mass is 10.0. The molecule has 0 N–H and O–H groups in total. The van der Waals surface area contributed by atoms with Crippen LogP contribution in [0.4, 0.5) is 17.1 Å². The second-order valence-corrected chi connectivity index (χ2v) is 13.4. The maximum absolute atomic E-state index is 6.20. The number of aromatic nitrogens is 1. The van der Waals surface area contributed by atoms with E-state index >= 15 is 0 Å². The molecule has 0 unspecified atom stereocenters. The van der Waals surface area contributed by atoms with Gasteiger partial charge in [-0.05, 0) is 70.4 Å². The molecule has 10 aromatic rings. The first-order chi connectivity index (χ1) is 24.3. The van der Waals surface area contributed by atoms with Crippen LogP contribution in [-0.2, 0) is 0 Å². The zero-order valence-corrected chi connectivity index (χ0v) is 27.2. The highest BCUT2D eigenvalue weighted by molar-refractivity contribution is 7.22. The third-order valence-electron chi connectivity index (χ3n) is 9.47. The third-order valence-corrected chi connectivity index (χ3v) is 10.6. The number of benzene rings is 8. The topological polar surface area (TPSA) is 29.3 Å². The molecule has 8 aromatic carbocycles. The first kappa shape index (κ1) is 27.8. The van der Waals surface area contributed by atoms with Gasteiger partial charge in [0.15, 0.2) is 0 Å². The normalized spacial score (nSPS) is 11.7. The monoisotopic (exact) mass is 644 g/mol. The lowest BCUT2D eigenvalue weighted by molar-refractivity contribution is 0.669. The van der Waals surface area contributed by atoms with E-state index in [-0.39, 0.29) is 0 Å². The number of rotatable bonds is 5. The molecule has 0 aliphatic carbocycles. The minimum absolute atomic E-state index is 0.881. The molecule has 0 spiro atoms. The molecule has 0 bridgehead atoms. The predicted octanol–water partition coefficient (Wildman–Crippen LogP) is 13.3. The Balaban J connectivity index is 1.15. The fourth-order valence-corrected chi connectivity index (χ4v) is 8.28. The van der Waals surface area contributed by atoms with Crippen molar-refractivity contribution < 1.29 is 4.42 Å². The smallest absolute Gasteiger partial charge is 0.135 e. The summed E-state index contributed by atoms with van der Waals surface area (Å²) in [4.78, 5) is 7.64. The second kappa shape index (κ2) is 11.2. The molecule has 49 heavy (non-hydrogen) atoms. The Kier molecular flexibility index (Phi) is 6.36. The molecule has 0 fully saturated rings. The lowest BCUT2D eigenvalue weighted by Gasteiger charge is -2.26. The van der Waals surface area contributed by atoms with Gasteiger partial charge < -0.3 is 9.32 Å². The van der Waals surface area contributed by atoms with Gasteiger partial charge >= 0.3 is 0 Å². The maximum Gasteiger partial charge on any atom is 0.135 e. The van der Waals surface area contributed by atoms with Crippen LogP contribution in [0.3, 0.4) is 0 Å². The quantitative estimate of drug-likeness (QED) is 0.175. The number of para-hydroxylation sites is 1. The standard InChI is InChI=1S/C45H28N2OS/c1-2-11-29(12-3-1)30-21-23-32(24-22-30)47(34-25-26-42-40(28-34)37-17-8-9-20-41(37)48-42)33-14-10-13-31(27-33)45-46-43-38-18-6-4-15-35(38)36-16-5-7-19-39(36)44(43)49-45/h1-28H. The van der Waals surface area contributed by atoms with Crippen molar-refractivity contribution in [1.82, 2.24) is 4.98 Å². The fraction of sp³-hybridized carbons (Fsp3) is 0. The van der Waals surface area contributed by atoms with Crippen LogP contribution in [0.15, 0.2) is 174 Å². The van der Waals surface area contributed by atoms with Crippen molar-refractivity contribution in [3.05, 3.63) is 170 Å². The van der Waals surface area contributed by atoms with Crippen molar-refractivity contribution >= 4 is 82.1 Å². The van der Waals surface area contributed by atoms with Gasteiger partial charge in [0.2, 0.25) is 0 Å². The van der Waals surface area contributed by atoms with E-state index < -0.39 is 0 Å². The van der Waals surface area contributed by atoms with Gasteiger partial charge in [0.1, 0.15) is 16.2 Å². The molecule has 4 heteroatoms. The first-order valence-electron chi connectivity index (χ1n) is 16.5. The maximum atomic E-state index is 6.20. The molecule has 3 nitrogen and oxygen atoms in total. The Morgan fingerprint density at radius 2 is 1.00 bits per heavy atom. The SMILES string of the molecule is c1ccc(-c2ccc(N(c3cccc(-c4nc5c6ccccc6c6ccccc6c5s4)c3)c3ccc4oc5ccccc5c4c3)cc2)cc1. The van der Waals surface area contributed by atoms with Gasteiger partial charge in [-0.2, -0.15) is 0 Å². The van der Waals surface area contributed by atoms with Crippen LogP contribution in [0.1, 0.15) is 0 Å². The van der Waals surface area contributed by atoms with Gasteiger partial charge in [0, 0.05) is 44.2 Å². The predicted molar refractivity (Wildman–Crippen MR) is 207 cm³/mol. The van der Waals surface area contributed by atoms with Crippen molar-refractivity contribution in [1.29, 1.82) is 0 Å². The van der Waals surface area contributed by atoms with E-state index in [0.29, 0.717) is 0 Å². The number of fused-ring (bicyclic) bond motifs is 9. The molecule has 10 rings (SSSR count). The lowest BCUT2D eigenvalue weighted by Crippen LogP contribution is -2.10. The van der Waals surface area contributed by atoms with Crippen LogP contribution in [-0.4, -0.2) is 4.98 Å². The molecule has 2 heterocycles. The average molecular weight is 645 g/mol. The highest BCUT2D eigenvalue weighted by Gasteiger charge is 2.19. The molecule has 230 valence electrons. The van der Waals surface area contributed by atoms with Crippen LogP contribution < -0.4 is 4.90 Å². The van der Waals surface area contributed by atoms with Gasteiger partial charge in [-0.25, -0.2) is 4.98 Å². The summed E-state index contributed by atoms with van der Waals surface area (Å²) in [6, 6.07) is 60.2. The van der Waals surface area contributed by atoms with Gasteiger partial charge in [-0.15, -0.1) is 11.3 Å². The van der Waals surface area contributed by atoms with Crippen LogP contribution >= 0.6 is 11.3 Å². The Morgan fingerprint density at radius 3 is 1.82 bits per heavy atom.